The minimum absolute atomic E-state index is 0.130. The molecule has 2 aromatic carbocycles. The Hall–Kier alpha value is -3.39. The van der Waals surface area contributed by atoms with E-state index < -0.39 is 12.0 Å². The monoisotopic (exact) mass is 452 g/mol. The number of hydrogen-bond donors (Lipinski definition) is 4. The van der Waals surface area contributed by atoms with Crippen LogP contribution in [0, 0.1) is 11.8 Å². The Bertz CT molecular complexity index is 965. The first-order valence-corrected chi connectivity index (χ1v) is 11.2. The summed E-state index contributed by atoms with van der Waals surface area (Å²) in [5.41, 5.74) is 8.00. The number of nitrogens with one attached hydrogen (secondary N) is 2. The van der Waals surface area contributed by atoms with Gasteiger partial charge in [0.1, 0.15) is 6.04 Å². The number of aromatic carboxylic acids is 1. The van der Waals surface area contributed by atoms with Crippen molar-refractivity contribution in [1.29, 1.82) is 0 Å². The van der Waals surface area contributed by atoms with Crippen LogP contribution in [0.1, 0.15) is 47.6 Å². The molecule has 0 heterocycles. The van der Waals surface area contributed by atoms with Gasteiger partial charge in [0.2, 0.25) is 5.91 Å². The van der Waals surface area contributed by atoms with Gasteiger partial charge in [-0.2, -0.15) is 0 Å². The molecule has 3 rings (SSSR count). The van der Waals surface area contributed by atoms with Crippen molar-refractivity contribution in [2.75, 3.05) is 30.9 Å². The average Bonchev–Trinajstić information content (AvgIpc) is 2.82. The van der Waals surface area contributed by atoms with Crippen LogP contribution in [0.3, 0.4) is 0 Å². The van der Waals surface area contributed by atoms with Crippen LogP contribution < -0.4 is 21.3 Å². The third-order valence-corrected chi connectivity index (χ3v) is 6.24. The number of amides is 2. The highest BCUT2D eigenvalue weighted by atomic mass is 16.4. The molecule has 8 heteroatoms. The second kappa shape index (κ2) is 11.0. The van der Waals surface area contributed by atoms with E-state index in [1.54, 1.807) is 0 Å². The van der Waals surface area contributed by atoms with Crippen LogP contribution in [0.2, 0.25) is 0 Å². The lowest BCUT2D eigenvalue weighted by Crippen LogP contribution is -2.41. The summed E-state index contributed by atoms with van der Waals surface area (Å²) in [6, 6.07) is 12.5. The van der Waals surface area contributed by atoms with Gasteiger partial charge in [0.25, 0.3) is 5.91 Å². The van der Waals surface area contributed by atoms with Crippen LogP contribution >= 0.6 is 0 Å². The van der Waals surface area contributed by atoms with Gasteiger partial charge < -0.3 is 26.4 Å². The largest absolute Gasteiger partial charge is 0.478 e. The van der Waals surface area contributed by atoms with E-state index in [4.69, 9.17) is 10.8 Å². The van der Waals surface area contributed by atoms with Gasteiger partial charge in [0, 0.05) is 31.4 Å². The second-order valence-electron chi connectivity index (χ2n) is 8.75. The van der Waals surface area contributed by atoms with Gasteiger partial charge in [-0.15, -0.1) is 0 Å². The Balaban J connectivity index is 1.77. The van der Waals surface area contributed by atoms with E-state index >= 15 is 0 Å². The number of carbonyl (C=O) groups is 3. The van der Waals surface area contributed by atoms with Crippen molar-refractivity contribution in [1.82, 2.24) is 5.32 Å². The zero-order chi connectivity index (χ0) is 24.0. The quantitative estimate of drug-likeness (QED) is 0.488. The first-order valence-electron chi connectivity index (χ1n) is 11.2. The highest BCUT2D eigenvalue weighted by Crippen LogP contribution is 2.29. The van der Waals surface area contributed by atoms with Gasteiger partial charge in [-0.1, -0.05) is 12.1 Å². The van der Waals surface area contributed by atoms with Crippen LogP contribution in [0.15, 0.2) is 48.5 Å². The van der Waals surface area contributed by atoms with E-state index in [9.17, 15) is 14.4 Å². The van der Waals surface area contributed by atoms with Gasteiger partial charge in [-0.05, 0) is 80.1 Å². The highest BCUT2D eigenvalue weighted by Gasteiger charge is 2.30. The smallest absolute Gasteiger partial charge is 0.335 e. The molecule has 1 atom stereocenters. The Kier molecular flexibility index (Phi) is 8.06. The molecule has 0 aliphatic heterocycles. The van der Waals surface area contributed by atoms with E-state index in [1.165, 1.54) is 24.3 Å². The van der Waals surface area contributed by atoms with Crippen molar-refractivity contribution in [2.45, 2.75) is 31.7 Å². The summed E-state index contributed by atoms with van der Waals surface area (Å²) in [5.74, 6) is -1.24. The van der Waals surface area contributed by atoms with Crippen molar-refractivity contribution in [3.8, 4) is 0 Å². The maximum atomic E-state index is 13.2. The molecule has 0 unspecified atom stereocenters. The van der Waals surface area contributed by atoms with E-state index in [0.717, 1.165) is 31.4 Å². The molecule has 8 nitrogen and oxygen atoms in total. The van der Waals surface area contributed by atoms with Gasteiger partial charge in [-0.25, -0.2) is 4.79 Å². The maximum Gasteiger partial charge on any atom is 0.335 e. The predicted molar refractivity (Wildman–Crippen MR) is 128 cm³/mol. The van der Waals surface area contributed by atoms with E-state index in [0.29, 0.717) is 23.7 Å². The van der Waals surface area contributed by atoms with Crippen molar-refractivity contribution < 1.29 is 19.5 Å². The van der Waals surface area contributed by atoms with Crippen molar-refractivity contribution in [2.24, 2.45) is 17.6 Å². The van der Waals surface area contributed by atoms with Crippen molar-refractivity contribution >= 4 is 29.2 Å². The lowest BCUT2D eigenvalue weighted by atomic mass is 9.81. The van der Waals surface area contributed by atoms with Gasteiger partial charge in [0.05, 0.1) is 5.56 Å². The topological polar surface area (TPSA) is 125 Å². The molecule has 0 radical (unpaired) electrons. The minimum atomic E-state index is -1.04. The molecule has 1 saturated carbocycles. The Morgan fingerprint density at radius 2 is 1.61 bits per heavy atom. The summed E-state index contributed by atoms with van der Waals surface area (Å²) in [7, 11) is 3.86. The van der Waals surface area contributed by atoms with Crippen molar-refractivity contribution in [3.63, 3.8) is 0 Å². The Morgan fingerprint density at radius 3 is 2.12 bits per heavy atom. The molecule has 176 valence electrons. The summed E-state index contributed by atoms with van der Waals surface area (Å²) >= 11 is 0. The van der Waals surface area contributed by atoms with Crippen LogP contribution in [-0.4, -0.2) is 43.5 Å². The third kappa shape index (κ3) is 6.32. The molecular weight excluding hydrogens is 420 g/mol. The van der Waals surface area contributed by atoms with Crippen LogP contribution in [-0.2, 0) is 9.59 Å². The predicted octanol–water partition coefficient (Wildman–Crippen LogP) is 3.01. The molecule has 5 N–H and O–H groups in total. The molecule has 0 saturated heterocycles. The number of carbonyl (C=O) groups excluding carboxylic acids is 2. The summed E-state index contributed by atoms with van der Waals surface area (Å²) < 4.78 is 0. The Labute approximate surface area is 194 Å². The SMILES string of the molecule is CN(C)c1ccc([C@H](NC(=O)C2CCC(CN)CC2)C(=O)Nc2ccc(C(=O)O)cc2)cc1. The summed E-state index contributed by atoms with van der Waals surface area (Å²) in [6.07, 6.45) is 3.36. The fourth-order valence-electron chi connectivity index (χ4n) is 4.10. The lowest BCUT2D eigenvalue weighted by molar-refractivity contribution is -0.130. The number of rotatable bonds is 8. The summed E-state index contributed by atoms with van der Waals surface area (Å²) in [4.78, 5) is 39.3. The summed E-state index contributed by atoms with van der Waals surface area (Å²) in [5, 5.41) is 14.8. The fourth-order valence-corrected chi connectivity index (χ4v) is 4.10. The zero-order valence-electron chi connectivity index (χ0n) is 19.1. The van der Waals surface area contributed by atoms with Gasteiger partial charge in [-0.3, -0.25) is 9.59 Å². The maximum absolute atomic E-state index is 13.2. The van der Waals surface area contributed by atoms with Crippen LogP contribution in [0.5, 0.6) is 0 Å². The number of benzene rings is 2. The molecule has 2 aromatic rings. The normalized spacial score (nSPS) is 18.8. The average molecular weight is 453 g/mol. The Morgan fingerprint density at radius 1 is 1.00 bits per heavy atom. The lowest BCUT2D eigenvalue weighted by Gasteiger charge is -2.28. The van der Waals surface area contributed by atoms with Crippen molar-refractivity contribution in [3.05, 3.63) is 59.7 Å². The zero-order valence-corrected chi connectivity index (χ0v) is 19.1. The molecule has 1 fully saturated rings. The number of carboxylic acids is 1. The first kappa shape index (κ1) is 24.3. The molecule has 1 aliphatic rings. The van der Waals surface area contributed by atoms with E-state index in [-0.39, 0.29) is 23.3 Å². The number of nitrogens with zero attached hydrogens (tertiary/aromatic N) is 1. The number of carboxylic acid groups (broad SMARTS) is 1. The van der Waals surface area contributed by atoms with Gasteiger partial charge >= 0.3 is 5.97 Å². The molecule has 0 aromatic heterocycles. The highest BCUT2D eigenvalue weighted by molar-refractivity contribution is 5.98. The number of nitrogens with two attached hydrogens (primary N) is 1. The molecule has 0 spiro atoms. The molecule has 1 aliphatic carbocycles. The minimum Gasteiger partial charge on any atom is -0.478 e. The van der Waals surface area contributed by atoms with Gasteiger partial charge in [0.15, 0.2) is 0 Å². The first-order chi connectivity index (χ1) is 15.8. The van der Waals surface area contributed by atoms with E-state index in [1.807, 2.05) is 43.3 Å². The van der Waals surface area contributed by atoms with E-state index in [2.05, 4.69) is 10.6 Å². The molecule has 33 heavy (non-hydrogen) atoms. The molecular formula is C25H32N4O4. The molecule has 2 amide bonds. The standard InChI is InChI=1S/C25H32N4O4/c1-29(2)21-13-9-17(10-14-21)22(28-23(30)18-5-3-16(15-26)4-6-18)24(31)27-20-11-7-19(8-12-20)25(32)33/h7-14,16,18,22H,3-6,15,26H2,1-2H3,(H,27,31)(H,28,30)(H,32,33)/t16?,18?,22-/m0/s1. The third-order valence-electron chi connectivity index (χ3n) is 6.24. The fraction of sp³-hybridized carbons (Fsp3) is 0.400. The number of hydrogen-bond acceptors (Lipinski definition) is 5. The summed E-state index contributed by atoms with van der Waals surface area (Å²) in [6.45, 7) is 0.637. The molecule has 0 bridgehead atoms. The number of anilines is 2. The van der Waals surface area contributed by atoms with Crippen LogP contribution in [0.4, 0.5) is 11.4 Å². The second-order valence-corrected chi connectivity index (χ2v) is 8.75. The van der Waals surface area contributed by atoms with Crippen LogP contribution in [0.25, 0.3) is 0 Å².